The van der Waals surface area contributed by atoms with E-state index >= 15 is 0 Å². The standard InChI is InChI=1S/C14H15F3N2O/c1-2-5-19-13(10-4-7-20-9-10)11-8-18-6-3-12(11)14(15,16)17/h3-4,6-9,13,19H,2,5H2,1H3. The van der Waals surface area contributed by atoms with Crippen molar-refractivity contribution in [1.82, 2.24) is 10.3 Å². The summed E-state index contributed by atoms with van der Waals surface area (Å²) in [7, 11) is 0. The van der Waals surface area contributed by atoms with Crippen LogP contribution in [0.3, 0.4) is 0 Å². The normalized spacial score (nSPS) is 13.4. The fourth-order valence-electron chi connectivity index (χ4n) is 2.03. The van der Waals surface area contributed by atoms with Crippen molar-refractivity contribution < 1.29 is 17.6 Å². The minimum absolute atomic E-state index is 0.106. The lowest BCUT2D eigenvalue weighted by Gasteiger charge is -2.21. The van der Waals surface area contributed by atoms with Crippen molar-refractivity contribution in [2.45, 2.75) is 25.6 Å². The number of pyridine rings is 1. The van der Waals surface area contributed by atoms with Crippen LogP contribution in [0, 0.1) is 0 Å². The Morgan fingerprint density at radius 2 is 2.15 bits per heavy atom. The van der Waals surface area contributed by atoms with Crippen LogP contribution >= 0.6 is 0 Å². The summed E-state index contributed by atoms with van der Waals surface area (Å²) in [5.41, 5.74) is 0.0779. The second-order valence-corrected chi connectivity index (χ2v) is 4.40. The molecule has 0 fully saturated rings. The van der Waals surface area contributed by atoms with E-state index in [2.05, 4.69) is 10.3 Å². The van der Waals surface area contributed by atoms with Crippen LogP contribution in [0.4, 0.5) is 13.2 Å². The molecule has 0 saturated heterocycles. The zero-order valence-electron chi connectivity index (χ0n) is 10.9. The van der Waals surface area contributed by atoms with Gasteiger partial charge in [-0.25, -0.2) is 0 Å². The highest BCUT2D eigenvalue weighted by molar-refractivity contribution is 5.35. The molecule has 1 atom stereocenters. The molecule has 0 aliphatic rings. The van der Waals surface area contributed by atoms with Crippen LogP contribution in [0.2, 0.25) is 0 Å². The van der Waals surface area contributed by atoms with E-state index in [0.29, 0.717) is 12.1 Å². The lowest BCUT2D eigenvalue weighted by Crippen LogP contribution is -2.25. The molecule has 0 radical (unpaired) electrons. The van der Waals surface area contributed by atoms with Crippen molar-refractivity contribution in [2.24, 2.45) is 0 Å². The van der Waals surface area contributed by atoms with Crippen molar-refractivity contribution in [3.63, 3.8) is 0 Å². The largest absolute Gasteiger partial charge is 0.472 e. The van der Waals surface area contributed by atoms with Crippen molar-refractivity contribution in [3.8, 4) is 0 Å². The average molecular weight is 284 g/mol. The van der Waals surface area contributed by atoms with Crippen LogP contribution in [0.1, 0.15) is 36.1 Å². The first-order valence-electron chi connectivity index (χ1n) is 6.30. The van der Waals surface area contributed by atoms with Crippen molar-refractivity contribution in [1.29, 1.82) is 0 Å². The van der Waals surface area contributed by atoms with Gasteiger partial charge in [0.25, 0.3) is 0 Å². The fourth-order valence-corrected chi connectivity index (χ4v) is 2.03. The summed E-state index contributed by atoms with van der Waals surface area (Å²) in [6, 6.07) is 2.07. The van der Waals surface area contributed by atoms with Crippen LogP contribution in [0.5, 0.6) is 0 Å². The Bertz CT molecular complexity index is 538. The van der Waals surface area contributed by atoms with E-state index in [1.807, 2.05) is 6.92 Å². The fraction of sp³-hybridized carbons (Fsp3) is 0.357. The van der Waals surface area contributed by atoms with Crippen molar-refractivity contribution in [3.05, 3.63) is 53.7 Å². The van der Waals surface area contributed by atoms with E-state index in [1.165, 1.54) is 18.7 Å². The number of nitrogens with one attached hydrogen (secondary N) is 1. The molecule has 108 valence electrons. The van der Waals surface area contributed by atoms with E-state index in [0.717, 1.165) is 18.7 Å². The number of hydrogen-bond donors (Lipinski definition) is 1. The van der Waals surface area contributed by atoms with E-state index in [1.54, 1.807) is 6.07 Å². The van der Waals surface area contributed by atoms with Crippen molar-refractivity contribution in [2.75, 3.05) is 6.54 Å². The molecule has 2 heterocycles. The predicted molar refractivity (Wildman–Crippen MR) is 68.1 cm³/mol. The maximum absolute atomic E-state index is 13.1. The molecular weight excluding hydrogens is 269 g/mol. The third kappa shape index (κ3) is 3.19. The Hall–Kier alpha value is -1.82. The number of aromatic nitrogens is 1. The van der Waals surface area contributed by atoms with Crippen LogP contribution in [-0.2, 0) is 6.18 Å². The number of halogens is 3. The first-order chi connectivity index (χ1) is 9.54. The predicted octanol–water partition coefficient (Wildman–Crippen LogP) is 3.78. The molecule has 2 aromatic rings. The first-order valence-corrected chi connectivity index (χ1v) is 6.30. The summed E-state index contributed by atoms with van der Waals surface area (Å²) in [5, 5.41) is 3.10. The summed E-state index contributed by atoms with van der Waals surface area (Å²) < 4.78 is 44.3. The molecule has 2 rings (SSSR count). The zero-order valence-corrected chi connectivity index (χ0v) is 10.9. The molecule has 2 aromatic heterocycles. The Morgan fingerprint density at radius 1 is 1.35 bits per heavy atom. The minimum Gasteiger partial charge on any atom is -0.472 e. The van der Waals surface area contributed by atoms with Crippen LogP contribution < -0.4 is 5.32 Å². The molecule has 3 nitrogen and oxygen atoms in total. The van der Waals surface area contributed by atoms with Gasteiger partial charge < -0.3 is 9.73 Å². The van der Waals surface area contributed by atoms with Gasteiger partial charge in [0.15, 0.2) is 0 Å². The molecule has 0 amide bonds. The molecule has 0 aliphatic heterocycles. The molecule has 1 N–H and O–H groups in total. The third-order valence-electron chi connectivity index (χ3n) is 2.94. The molecule has 0 saturated carbocycles. The number of alkyl halides is 3. The number of furan rings is 1. The lowest BCUT2D eigenvalue weighted by molar-refractivity contribution is -0.138. The van der Waals surface area contributed by atoms with Gasteiger partial charge in [-0.1, -0.05) is 6.92 Å². The van der Waals surface area contributed by atoms with Gasteiger partial charge in [-0.2, -0.15) is 13.2 Å². The van der Waals surface area contributed by atoms with Gasteiger partial charge in [0, 0.05) is 23.5 Å². The quantitative estimate of drug-likeness (QED) is 0.908. The maximum atomic E-state index is 13.1. The number of nitrogens with zero attached hydrogens (tertiary/aromatic N) is 1. The van der Waals surface area contributed by atoms with E-state index < -0.39 is 17.8 Å². The van der Waals surface area contributed by atoms with E-state index in [-0.39, 0.29) is 5.56 Å². The summed E-state index contributed by atoms with van der Waals surface area (Å²) in [5.74, 6) is 0. The van der Waals surface area contributed by atoms with Crippen LogP contribution in [0.25, 0.3) is 0 Å². The number of hydrogen-bond acceptors (Lipinski definition) is 3. The third-order valence-corrected chi connectivity index (χ3v) is 2.94. The second kappa shape index (κ2) is 6.09. The smallest absolute Gasteiger partial charge is 0.416 e. The van der Waals surface area contributed by atoms with Gasteiger partial charge in [-0.05, 0) is 25.1 Å². The highest BCUT2D eigenvalue weighted by Crippen LogP contribution is 2.36. The maximum Gasteiger partial charge on any atom is 0.416 e. The van der Waals surface area contributed by atoms with Gasteiger partial charge in [-0.15, -0.1) is 0 Å². The summed E-state index contributed by atoms with van der Waals surface area (Å²) >= 11 is 0. The Labute approximate surface area is 114 Å². The molecule has 0 aliphatic carbocycles. The van der Waals surface area contributed by atoms with Gasteiger partial charge in [0.05, 0.1) is 24.1 Å². The molecule has 0 aromatic carbocycles. The highest BCUT2D eigenvalue weighted by atomic mass is 19.4. The molecule has 0 spiro atoms. The molecule has 20 heavy (non-hydrogen) atoms. The van der Waals surface area contributed by atoms with Gasteiger partial charge in [0.1, 0.15) is 0 Å². The molecular formula is C14H15F3N2O. The number of rotatable bonds is 5. The Kier molecular flexibility index (Phi) is 4.44. The molecule has 6 heteroatoms. The van der Waals surface area contributed by atoms with E-state index in [4.69, 9.17) is 4.42 Å². The Balaban J connectivity index is 2.44. The second-order valence-electron chi connectivity index (χ2n) is 4.40. The summed E-state index contributed by atoms with van der Waals surface area (Å²) in [6.45, 7) is 2.55. The first kappa shape index (κ1) is 14.6. The average Bonchev–Trinajstić information content (AvgIpc) is 2.92. The minimum atomic E-state index is -4.41. The summed E-state index contributed by atoms with van der Waals surface area (Å²) in [6.07, 6.45) is 1.70. The van der Waals surface area contributed by atoms with Crippen molar-refractivity contribution >= 4 is 0 Å². The zero-order chi connectivity index (χ0) is 14.6. The van der Waals surface area contributed by atoms with Gasteiger partial charge in [0.2, 0.25) is 0 Å². The SMILES string of the molecule is CCCNC(c1ccoc1)c1cnccc1C(F)(F)F. The topological polar surface area (TPSA) is 38.1 Å². The van der Waals surface area contributed by atoms with Gasteiger partial charge >= 0.3 is 6.18 Å². The monoisotopic (exact) mass is 284 g/mol. The van der Waals surface area contributed by atoms with E-state index in [9.17, 15) is 13.2 Å². The molecule has 1 unspecified atom stereocenters. The highest BCUT2D eigenvalue weighted by Gasteiger charge is 2.35. The van der Waals surface area contributed by atoms with Crippen LogP contribution in [0.15, 0.2) is 41.5 Å². The molecule has 0 bridgehead atoms. The van der Waals surface area contributed by atoms with Gasteiger partial charge in [-0.3, -0.25) is 4.98 Å². The van der Waals surface area contributed by atoms with Crippen LogP contribution in [-0.4, -0.2) is 11.5 Å². The lowest BCUT2D eigenvalue weighted by atomic mass is 9.97. The Morgan fingerprint density at radius 3 is 2.75 bits per heavy atom. The summed E-state index contributed by atoms with van der Waals surface area (Å²) in [4.78, 5) is 3.83.